The van der Waals surface area contributed by atoms with Crippen molar-refractivity contribution in [2.75, 3.05) is 24.6 Å². The number of sulfone groups is 1. The minimum absolute atomic E-state index is 0.0925. The first kappa shape index (κ1) is 22.9. The molecule has 0 spiro atoms. The van der Waals surface area contributed by atoms with Gasteiger partial charge in [0.2, 0.25) is 0 Å². The Labute approximate surface area is 193 Å². The van der Waals surface area contributed by atoms with Crippen molar-refractivity contribution in [2.24, 2.45) is 0 Å². The predicted molar refractivity (Wildman–Crippen MR) is 127 cm³/mol. The van der Waals surface area contributed by atoms with Gasteiger partial charge < -0.3 is 0 Å². The molecule has 1 fully saturated rings. The molecule has 170 valence electrons. The third kappa shape index (κ3) is 5.19. The van der Waals surface area contributed by atoms with E-state index < -0.39 is 9.84 Å². The summed E-state index contributed by atoms with van der Waals surface area (Å²) in [7, 11) is -3.03. The number of halogens is 1. The summed E-state index contributed by atoms with van der Waals surface area (Å²) in [6.07, 6.45) is 5.78. The van der Waals surface area contributed by atoms with Crippen molar-refractivity contribution in [2.45, 2.75) is 38.8 Å². The Balaban J connectivity index is 1.63. The maximum atomic E-state index is 13.2. The number of pyridine rings is 1. The standard InChI is InChI=1S/C23H27ClN4O3S/c1-2-32(30,31)13-12-27-11-3-4-19(27)16-28-23(29)20-9-10-25-15-21(20)22(26-28)14-17-5-7-18(24)8-6-17/h5-10,15,19H,2-4,11-14,16H2,1H3/t19-/m1/s1. The van der Waals surface area contributed by atoms with Crippen molar-refractivity contribution in [3.8, 4) is 0 Å². The maximum absolute atomic E-state index is 13.2. The molecule has 0 unspecified atom stereocenters. The molecule has 9 heteroatoms. The van der Waals surface area contributed by atoms with Crippen LogP contribution in [0.15, 0.2) is 47.5 Å². The molecule has 0 saturated carbocycles. The van der Waals surface area contributed by atoms with Gasteiger partial charge in [-0.1, -0.05) is 30.7 Å². The normalized spacial score (nSPS) is 17.2. The van der Waals surface area contributed by atoms with Crippen LogP contribution in [0.1, 0.15) is 31.0 Å². The summed E-state index contributed by atoms with van der Waals surface area (Å²) < 4.78 is 25.5. The van der Waals surface area contributed by atoms with Crippen LogP contribution in [0.25, 0.3) is 10.8 Å². The van der Waals surface area contributed by atoms with Crippen molar-refractivity contribution in [3.05, 3.63) is 69.4 Å². The molecule has 1 saturated heterocycles. The highest BCUT2D eigenvalue weighted by atomic mass is 35.5. The highest BCUT2D eigenvalue weighted by molar-refractivity contribution is 7.91. The first-order valence-corrected chi connectivity index (χ1v) is 13.1. The molecule has 0 aliphatic carbocycles. The fourth-order valence-corrected chi connectivity index (χ4v) is 5.17. The zero-order chi connectivity index (χ0) is 22.7. The third-order valence-corrected chi connectivity index (χ3v) is 8.07. The lowest BCUT2D eigenvalue weighted by atomic mass is 10.1. The Hall–Kier alpha value is -2.29. The molecule has 32 heavy (non-hydrogen) atoms. The van der Waals surface area contributed by atoms with Gasteiger partial charge in [0.05, 0.1) is 23.4 Å². The summed E-state index contributed by atoms with van der Waals surface area (Å²) in [6, 6.07) is 9.42. The zero-order valence-corrected chi connectivity index (χ0v) is 19.6. The molecule has 2 aromatic heterocycles. The second kappa shape index (κ2) is 9.68. The Morgan fingerprint density at radius 1 is 1.16 bits per heavy atom. The summed E-state index contributed by atoms with van der Waals surface area (Å²) in [5.41, 5.74) is 1.69. The number of fused-ring (bicyclic) bond motifs is 1. The van der Waals surface area contributed by atoms with E-state index in [2.05, 4.69) is 9.88 Å². The van der Waals surface area contributed by atoms with Crippen LogP contribution in [-0.4, -0.2) is 58.7 Å². The van der Waals surface area contributed by atoms with Crippen LogP contribution in [0.5, 0.6) is 0 Å². The van der Waals surface area contributed by atoms with Crippen LogP contribution < -0.4 is 5.56 Å². The SMILES string of the molecule is CCS(=O)(=O)CCN1CCC[C@@H]1Cn1nc(Cc2ccc(Cl)cc2)c2cnccc2c1=O. The fraction of sp³-hybridized carbons (Fsp3) is 0.435. The monoisotopic (exact) mass is 474 g/mol. The first-order chi connectivity index (χ1) is 15.4. The summed E-state index contributed by atoms with van der Waals surface area (Å²) in [4.78, 5) is 19.6. The number of benzene rings is 1. The van der Waals surface area contributed by atoms with E-state index in [1.165, 1.54) is 0 Å². The molecule has 1 aliphatic heterocycles. The second-order valence-corrected chi connectivity index (χ2v) is 11.1. The van der Waals surface area contributed by atoms with Crippen molar-refractivity contribution in [1.29, 1.82) is 0 Å². The van der Waals surface area contributed by atoms with Crippen LogP contribution >= 0.6 is 11.6 Å². The highest BCUT2D eigenvalue weighted by Crippen LogP contribution is 2.21. The topological polar surface area (TPSA) is 85.2 Å². The Morgan fingerprint density at radius 2 is 1.94 bits per heavy atom. The number of hydrogen-bond acceptors (Lipinski definition) is 6. The molecule has 1 atom stereocenters. The van der Waals surface area contributed by atoms with Gasteiger partial charge in [-0.05, 0) is 43.1 Å². The van der Waals surface area contributed by atoms with Crippen LogP contribution in [0.4, 0.5) is 0 Å². The fourth-order valence-electron chi connectivity index (χ4n) is 4.24. The summed E-state index contributed by atoms with van der Waals surface area (Å²) in [5.74, 6) is 0.298. The third-order valence-electron chi connectivity index (χ3n) is 6.14. The Morgan fingerprint density at radius 3 is 2.69 bits per heavy atom. The average molecular weight is 475 g/mol. The molecular weight excluding hydrogens is 448 g/mol. The van der Waals surface area contributed by atoms with Gasteiger partial charge in [-0.25, -0.2) is 13.1 Å². The molecular formula is C23H27ClN4O3S. The predicted octanol–water partition coefficient (Wildman–Crippen LogP) is 2.93. The molecule has 0 amide bonds. The average Bonchev–Trinajstić information content (AvgIpc) is 3.24. The van der Waals surface area contributed by atoms with E-state index in [4.69, 9.17) is 16.7 Å². The molecule has 0 bridgehead atoms. The van der Waals surface area contributed by atoms with Crippen LogP contribution in [0.3, 0.4) is 0 Å². The zero-order valence-electron chi connectivity index (χ0n) is 18.1. The number of hydrogen-bond donors (Lipinski definition) is 0. The molecule has 7 nitrogen and oxygen atoms in total. The lowest BCUT2D eigenvalue weighted by Gasteiger charge is -2.24. The molecule has 0 N–H and O–H groups in total. The van der Waals surface area contributed by atoms with Crippen LogP contribution in [0.2, 0.25) is 5.02 Å². The van der Waals surface area contributed by atoms with E-state index in [1.54, 1.807) is 30.1 Å². The van der Waals surface area contributed by atoms with Gasteiger partial charge in [-0.15, -0.1) is 0 Å². The molecule has 0 radical (unpaired) electrons. The van der Waals surface area contributed by atoms with Gasteiger partial charge in [0.25, 0.3) is 5.56 Å². The van der Waals surface area contributed by atoms with E-state index in [0.29, 0.717) is 29.9 Å². The second-order valence-electron chi connectivity index (χ2n) is 8.23. The summed E-state index contributed by atoms with van der Waals surface area (Å²) in [5, 5.41) is 6.74. The van der Waals surface area contributed by atoms with Gasteiger partial charge in [-0.3, -0.25) is 14.7 Å². The largest absolute Gasteiger partial charge is 0.298 e. The number of likely N-dealkylation sites (tertiary alicyclic amines) is 1. The van der Waals surface area contributed by atoms with Crippen molar-refractivity contribution in [3.63, 3.8) is 0 Å². The van der Waals surface area contributed by atoms with Gasteiger partial charge in [0.1, 0.15) is 0 Å². The van der Waals surface area contributed by atoms with Crippen LogP contribution in [-0.2, 0) is 22.8 Å². The molecule has 3 heterocycles. The van der Waals surface area contributed by atoms with Gasteiger partial charge in [0, 0.05) is 47.6 Å². The van der Waals surface area contributed by atoms with E-state index in [1.807, 2.05) is 24.3 Å². The van der Waals surface area contributed by atoms with E-state index in [9.17, 15) is 13.2 Å². The molecule has 1 aromatic carbocycles. The number of aromatic nitrogens is 3. The number of rotatable bonds is 8. The first-order valence-electron chi connectivity index (χ1n) is 10.9. The summed E-state index contributed by atoms with van der Waals surface area (Å²) >= 11 is 6.01. The number of nitrogens with zero attached hydrogens (tertiary/aromatic N) is 4. The summed E-state index contributed by atoms with van der Waals surface area (Å²) in [6.45, 7) is 3.45. The van der Waals surface area contributed by atoms with E-state index in [0.717, 1.165) is 36.0 Å². The Kier molecular flexibility index (Phi) is 6.93. The van der Waals surface area contributed by atoms with Gasteiger partial charge in [0.15, 0.2) is 9.84 Å². The Bertz CT molecular complexity index is 1260. The minimum atomic E-state index is -3.03. The maximum Gasteiger partial charge on any atom is 0.274 e. The minimum Gasteiger partial charge on any atom is -0.298 e. The molecule has 4 rings (SSSR count). The van der Waals surface area contributed by atoms with Crippen molar-refractivity contribution >= 4 is 32.2 Å². The lowest BCUT2D eigenvalue weighted by Crippen LogP contribution is -2.39. The van der Waals surface area contributed by atoms with Crippen LogP contribution in [0, 0.1) is 0 Å². The van der Waals surface area contributed by atoms with Crippen molar-refractivity contribution in [1.82, 2.24) is 19.7 Å². The molecule has 1 aliphatic rings. The molecule has 3 aromatic rings. The van der Waals surface area contributed by atoms with Crippen molar-refractivity contribution < 1.29 is 8.42 Å². The lowest BCUT2D eigenvalue weighted by molar-refractivity contribution is 0.236. The van der Waals surface area contributed by atoms with E-state index in [-0.39, 0.29) is 23.1 Å². The highest BCUT2D eigenvalue weighted by Gasteiger charge is 2.27. The smallest absolute Gasteiger partial charge is 0.274 e. The van der Waals surface area contributed by atoms with Gasteiger partial charge >= 0.3 is 0 Å². The quantitative estimate of drug-likeness (QED) is 0.499. The van der Waals surface area contributed by atoms with Gasteiger partial charge in [-0.2, -0.15) is 5.10 Å². The van der Waals surface area contributed by atoms with E-state index >= 15 is 0 Å².